The first kappa shape index (κ1) is 20.9. The Morgan fingerprint density at radius 2 is 1.00 bits per heavy atom. The minimum atomic E-state index is -1.36. The number of hydrogen-bond donors (Lipinski definition) is 4. The van der Waals surface area contributed by atoms with Gasteiger partial charge in [0, 0.05) is 23.2 Å². The molecule has 4 N–H and O–H groups in total. The lowest BCUT2D eigenvalue weighted by Gasteiger charge is -2.05. The lowest BCUT2D eigenvalue weighted by atomic mass is 10.3. The molecule has 2 aromatic carbocycles. The molecule has 6 nitrogen and oxygen atoms in total. The molecule has 0 bridgehead atoms. The minimum absolute atomic E-state index is 0.228. The van der Waals surface area contributed by atoms with Gasteiger partial charge in [-0.1, -0.05) is 36.0 Å². The van der Waals surface area contributed by atoms with Gasteiger partial charge in [0.2, 0.25) is 0 Å². The largest absolute Gasteiger partial charge is 0.507 e. The molecule has 124 valence electrons. The van der Waals surface area contributed by atoms with Gasteiger partial charge in [0.15, 0.2) is 0 Å². The summed E-state index contributed by atoms with van der Waals surface area (Å²) in [6, 6.07) is 14.1. The van der Waals surface area contributed by atoms with E-state index in [0.29, 0.717) is 0 Å². The van der Waals surface area contributed by atoms with Gasteiger partial charge in [0.1, 0.15) is 11.5 Å². The van der Waals surface area contributed by atoms with Crippen molar-refractivity contribution in [2.75, 3.05) is 0 Å². The maximum Gasteiger partial charge on any atom is 0.401 e. The second-order valence-electron chi connectivity index (χ2n) is 3.54. The maximum atomic E-state index is 9.56. The van der Waals surface area contributed by atoms with Gasteiger partial charge >= 0.3 is 10.9 Å². The molecular formula is C14H12Cl2O6S. The predicted octanol–water partition coefficient (Wildman–Crippen LogP) is 5.06. The average Bonchev–Trinajstić information content (AvgIpc) is 2.42. The molecule has 0 unspecified atom stereocenters. The number of phenolic OH excluding ortho intramolecular Hbond substituents is 2. The normalized spacial score (nSPS) is 8.78. The molecule has 0 heterocycles. The first-order valence-electron chi connectivity index (χ1n) is 5.74. The van der Waals surface area contributed by atoms with Crippen LogP contribution in [-0.4, -0.2) is 31.3 Å². The fourth-order valence-corrected chi connectivity index (χ4v) is 2.08. The Kier molecular flexibility index (Phi) is 10.4. The van der Waals surface area contributed by atoms with Gasteiger partial charge < -0.3 is 20.4 Å². The highest BCUT2D eigenvalue weighted by atomic mass is 35.5. The van der Waals surface area contributed by atoms with Crippen LogP contribution < -0.4 is 0 Å². The van der Waals surface area contributed by atoms with Crippen molar-refractivity contribution in [2.24, 2.45) is 0 Å². The molecule has 0 aliphatic rings. The molecule has 0 atom stereocenters. The van der Waals surface area contributed by atoms with Crippen LogP contribution in [0.3, 0.4) is 0 Å². The van der Waals surface area contributed by atoms with Crippen molar-refractivity contribution in [1.82, 2.24) is 0 Å². The molecule has 0 aromatic heterocycles. The molecule has 0 saturated carbocycles. The number of benzene rings is 2. The number of carboxylic acid groups (broad SMARTS) is 2. The highest BCUT2D eigenvalue weighted by Gasteiger charge is 2.05. The van der Waals surface area contributed by atoms with Crippen LogP contribution in [0.25, 0.3) is 0 Å². The molecular weight excluding hydrogens is 367 g/mol. The summed E-state index contributed by atoms with van der Waals surface area (Å²) >= 11 is 9.72. The lowest BCUT2D eigenvalue weighted by molar-refractivity contribution is 0.219. The van der Waals surface area contributed by atoms with E-state index in [1.165, 1.54) is 11.8 Å². The van der Waals surface area contributed by atoms with E-state index in [0.717, 1.165) is 9.79 Å². The molecule has 0 radical (unpaired) electrons. The van der Waals surface area contributed by atoms with E-state index >= 15 is 0 Å². The van der Waals surface area contributed by atoms with E-state index < -0.39 is 10.9 Å². The number of halogens is 2. The molecule has 0 aliphatic heterocycles. The first-order chi connectivity index (χ1) is 10.7. The zero-order valence-electron chi connectivity index (χ0n) is 11.4. The fourth-order valence-electron chi connectivity index (χ4n) is 1.21. The topological polar surface area (TPSA) is 115 Å². The third-order valence-corrected chi connectivity index (χ3v) is 3.08. The zero-order chi connectivity index (χ0) is 17.8. The van der Waals surface area contributed by atoms with Crippen molar-refractivity contribution in [3.63, 3.8) is 0 Å². The summed E-state index contributed by atoms with van der Waals surface area (Å²) in [7, 11) is 0. The molecule has 0 spiro atoms. The monoisotopic (exact) mass is 378 g/mol. The standard InChI is InChI=1S/C12H10O2S.2CHClO2/c13-9-5-1-3-7-11(9)15-12-8-4-2-6-10(12)14;2*2-1(3)4/h1-8,13-14H;2*(H,3,4). The quantitative estimate of drug-likeness (QED) is 0.540. The van der Waals surface area contributed by atoms with Gasteiger partial charge in [-0.25, -0.2) is 9.59 Å². The molecule has 0 saturated heterocycles. The number of carbonyl (C=O) groups is 2. The molecule has 0 aliphatic carbocycles. The Morgan fingerprint density at radius 3 is 1.26 bits per heavy atom. The van der Waals surface area contributed by atoms with Gasteiger partial charge in [0.05, 0.1) is 9.79 Å². The van der Waals surface area contributed by atoms with Crippen molar-refractivity contribution < 1.29 is 30.0 Å². The lowest BCUT2D eigenvalue weighted by Crippen LogP contribution is -1.75. The molecule has 2 aromatic rings. The van der Waals surface area contributed by atoms with Crippen LogP contribution in [-0.2, 0) is 0 Å². The Morgan fingerprint density at radius 1 is 0.739 bits per heavy atom. The molecule has 2 rings (SSSR count). The van der Waals surface area contributed by atoms with E-state index in [2.05, 4.69) is 23.2 Å². The number of phenols is 2. The number of aromatic hydroxyl groups is 2. The summed E-state index contributed by atoms with van der Waals surface area (Å²) in [6.07, 6.45) is 0. The third kappa shape index (κ3) is 11.2. The smallest absolute Gasteiger partial charge is 0.401 e. The summed E-state index contributed by atoms with van der Waals surface area (Å²) in [5.41, 5.74) is -2.72. The van der Waals surface area contributed by atoms with Crippen molar-refractivity contribution in [2.45, 2.75) is 9.79 Å². The van der Waals surface area contributed by atoms with Crippen molar-refractivity contribution in [3.05, 3.63) is 48.5 Å². The van der Waals surface area contributed by atoms with Crippen molar-refractivity contribution >= 4 is 45.8 Å². The number of rotatable bonds is 2. The van der Waals surface area contributed by atoms with Crippen LogP contribution in [0.4, 0.5) is 9.59 Å². The zero-order valence-corrected chi connectivity index (χ0v) is 13.7. The van der Waals surface area contributed by atoms with Crippen molar-refractivity contribution in [3.8, 4) is 11.5 Å². The number of hydrogen-bond acceptors (Lipinski definition) is 5. The van der Waals surface area contributed by atoms with Crippen LogP contribution in [0.2, 0.25) is 0 Å². The summed E-state index contributed by atoms with van der Waals surface area (Å²) in [5.74, 6) is 0.455. The van der Waals surface area contributed by atoms with Gasteiger partial charge in [0.25, 0.3) is 0 Å². The summed E-state index contributed by atoms with van der Waals surface area (Å²) in [6.45, 7) is 0. The fraction of sp³-hybridized carbons (Fsp3) is 0. The maximum absolute atomic E-state index is 9.56. The Balaban J connectivity index is 0.000000509. The van der Waals surface area contributed by atoms with E-state index in [9.17, 15) is 10.2 Å². The van der Waals surface area contributed by atoms with Crippen molar-refractivity contribution in [1.29, 1.82) is 0 Å². The van der Waals surface area contributed by atoms with Crippen LogP contribution in [0, 0.1) is 0 Å². The summed E-state index contributed by atoms with van der Waals surface area (Å²) < 4.78 is 0. The minimum Gasteiger partial charge on any atom is -0.507 e. The molecule has 0 amide bonds. The Labute approximate surface area is 145 Å². The number of para-hydroxylation sites is 2. The first-order valence-corrected chi connectivity index (χ1v) is 7.32. The summed E-state index contributed by atoms with van der Waals surface area (Å²) in [5, 5.41) is 33.5. The van der Waals surface area contributed by atoms with Crippen LogP contribution in [0.5, 0.6) is 11.5 Å². The van der Waals surface area contributed by atoms with E-state index in [4.69, 9.17) is 19.8 Å². The molecule has 23 heavy (non-hydrogen) atoms. The van der Waals surface area contributed by atoms with Crippen LogP contribution in [0.1, 0.15) is 0 Å². The SMILES string of the molecule is O=C(O)Cl.O=C(O)Cl.Oc1ccccc1Sc1ccccc1O. The Bertz CT molecular complexity index is 587. The molecule has 9 heteroatoms. The van der Waals surface area contributed by atoms with E-state index in [1.807, 2.05) is 24.3 Å². The molecule has 0 fully saturated rings. The van der Waals surface area contributed by atoms with Gasteiger partial charge in [-0.05, 0) is 24.3 Å². The van der Waals surface area contributed by atoms with Crippen LogP contribution in [0.15, 0.2) is 58.3 Å². The van der Waals surface area contributed by atoms with E-state index in [-0.39, 0.29) is 11.5 Å². The highest BCUT2D eigenvalue weighted by molar-refractivity contribution is 7.99. The van der Waals surface area contributed by atoms with Gasteiger partial charge in [-0.2, -0.15) is 0 Å². The predicted molar refractivity (Wildman–Crippen MR) is 88.1 cm³/mol. The van der Waals surface area contributed by atoms with Gasteiger partial charge in [-0.3, -0.25) is 0 Å². The Hall–Kier alpha value is -2.09. The average molecular weight is 379 g/mol. The third-order valence-electron chi connectivity index (χ3n) is 1.95. The summed E-state index contributed by atoms with van der Waals surface area (Å²) in [4.78, 5) is 19.0. The van der Waals surface area contributed by atoms with E-state index in [1.54, 1.807) is 24.3 Å². The van der Waals surface area contributed by atoms with Crippen LogP contribution >= 0.6 is 35.0 Å². The second kappa shape index (κ2) is 11.5. The highest BCUT2D eigenvalue weighted by Crippen LogP contribution is 2.37. The second-order valence-corrected chi connectivity index (χ2v) is 5.27. The van der Waals surface area contributed by atoms with Gasteiger partial charge in [-0.15, -0.1) is 0 Å².